The Hall–Kier alpha value is -1.96. The van der Waals surface area contributed by atoms with Crippen molar-refractivity contribution in [1.82, 2.24) is 14.9 Å². The summed E-state index contributed by atoms with van der Waals surface area (Å²) in [4.78, 5) is 8.48. The van der Waals surface area contributed by atoms with Crippen LogP contribution in [0.1, 0.15) is 11.7 Å². The highest BCUT2D eigenvalue weighted by Crippen LogP contribution is 2.35. The van der Waals surface area contributed by atoms with E-state index in [0.717, 1.165) is 0 Å². The highest BCUT2D eigenvalue weighted by Gasteiger charge is 2.37. The lowest BCUT2D eigenvalue weighted by Crippen LogP contribution is -2.30. The molecule has 0 radical (unpaired) electrons. The average Bonchev–Trinajstić information content (AvgIpc) is 2.97. The molecule has 1 aromatic rings. The van der Waals surface area contributed by atoms with Gasteiger partial charge in [0.2, 0.25) is 0 Å². The number of aromatic nitrogens is 2. The summed E-state index contributed by atoms with van der Waals surface area (Å²) in [6.07, 6.45) is 3.03. The lowest BCUT2D eigenvalue weighted by Gasteiger charge is -2.20. The molecule has 3 N–H and O–H groups in total. The maximum atomic E-state index is 10.2. The van der Waals surface area contributed by atoms with E-state index in [2.05, 4.69) is 21.9 Å². The first-order valence-corrected chi connectivity index (χ1v) is 6.24. The van der Waals surface area contributed by atoms with E-state index < -0.39 is 18.2 Å². The lowest BCUT2D eigenvalue weighted by molar-refractivity contribution is 0.0267. The Labute approximate surface area is 115 Å². The van der Waals surface area contributed by atoms with Gasteiger partial charge in [-0.1, -0.05) is 12.7 Å². The van der Waals surface area contributed by atoms with Gasteiger partial charge in [-0.25, -0.2) is 9.98 Å². The van der Waals surface area contributed by atoms with Crippen LogP contribution in [0.5, 0.6) is 0 Å². The molecule has 3 unspecified atom stereocenters. The van der Waals surface area contributed by atoms with E-state index in [4.69, 9.17) is 4.74 Å². The van der Waals surface area contributed by atoms with Crippen LogP contribution in [0.4, 0.5) is 5.82 Å². The minimum atomic E-state index is -0.947. The van der Waals surface area contributed by atoms with Crippen molar-refractivity contribution in [2.45, 2.75) is 18.2 Å². The SMILES string of the molecule is C=C1NC=Nc2c1ncn2C1C=C(COC)C(O)C1O. The van der Waals surface area contributed by atoms with Gasteiger partial charge in [0.1, 0.15) is 17.9 Å². The average molecular weight is 276 g/mol. The summed E-state index contributed by atoms with van der Waals surface area (Å²) in [5, 5.41) is 23.1. The fourth-order valence-corrected chi connectivity index (χ4v) is 2.52. The normalized spacial score (nSPS) is 28.2. The molecule has 0 amide bonds. The zero-order chi connectivity index (χ0) is 14.3. The van der Waals surface area contributed by atoms with Crippen molar-refractivity contribution in [3.05, 3.63) is 30.2 Å². The van der Waals surface area contributed by atoms with Crippen LogP contribution < -0.4 is 5.32 Å². The molecule has 0 fully saturated rings. The molecule has 3 rings (SSSR count). The summed E-state index contributed by atoms with van der Waals surface area (Å²) in [6.45, 7) is 4.13. The molecule has 106 valence electrons. The van der Waals surface area contributed by atoms with Gasteiger partial charge in [-0.3, -0.25) is 0 Å². The fraction of sp³-hybridized carbons (Fsp3) is 0.385. The second-order valence-corrected chi connectivity index (χ2v) is 4.81. The number of fused-ring (bicyclic) bond motifs is 1. The van der Waals surface area contributed by atoms with Crippen LogP contribution in [-0.4, -0.2) is 52.0 Å². The number of imidazole rings is 1. The van der Waals surface area contributed by atoms with Crippen molar-refractivity contribution in [2.24, 2.45) is 4.99 Å². The number of hydrogen-bond acceptors (Lipinski definition) is 6. The number of nitrogens with zero attached hydrogens (tertiary/aromatic N) is 3. The summed E-state index contributed by atoms with van der Waals surface area (Å²) in [7, 11) is 1.55. The molecule has 0 aromatic carbocycles. The number of ether oxygens (including phenoxy) is 1. The number of rotatable bonds is 3. The minimum absolute atomic E-state index is 0.281. The lowest BCUT2D eigenvalue weighted by atomic mass is 10.1. The van der Waals surface area contributed by atoms with E-state index in [9.17, 15) is 10.2 Å². The monoisotopic (exact) mass is 276 g/mol. The van der Waals surface area contributed by atoms with Crippen LogP contribution in [0.15, 0.2) is 29.5 Å². The van der Waals surface area contributed by atoms with Crippen LogP contribution in [0, 0.1) is 0 Å². The van der Waals surface area contributed by atoms with Gasteiger partial charge >= 0.3 is 0 Å². The highest BCUT2D eigenvalue weighted by molar-refractivity contribution is 5.83. The molecule has 1 aliphatic heterocycles. The number of aliphatic imine (C=N–C) groups is 1. The first-order chi connectivity index (χ1) is 9.63. The Kier molecular flexibility index (Phi) is 3.17. The largest absolute Gasteiger partial charge is 0.388 e. The second kappa shape index (κ2) is 4.86. The smallest absolute Gasteiger partial charge is 0.164 e. The predicted octanol–water partition coefficient (Wildman–Crippen LogP) is -0.0339. The molecule has 2 aliphatic rings. The standard InChI is InChI=1S/C13H16N4O3/c1-7-10-13(15-5-14-7)17(6-16-10)9-3-8(4-20-2)11(18)12(9)19/h3,5-6,9,11-12,18-19H,1,4H2,2H3,(H,14,15). The van der Waals surface area contributed by atoms with Gasteiger partial charge in [0.15, 0.2) is 5.82 Å². The van der Waals surface area contributed by atoms with Gasteiger partial charge < -0.3 is 24.8 Å². The molecule has 20 heavy (non-hydrogen) atoms. The zero-order valence-corrected chi connectivity index (χ0v) is 11.0. The summed E-state index contributed by atoms with van der Waals surface area (Å²) in [5.74, 6) is 0.611. The molecule has 3 atom stereocenters. The van der Waals surface area contributed by atoms with Crippen LogP contribution in [-0.2, 0) is 4.74 Å². The third-order valence-corrected chi connectivity index (χ3v) is 3.55. The van der Waals surface area contributed by atoms with Gasteiger partial charge in [-0.15, -0.1) is 0 Å². The number of aliphatic hydroxyl groups is 2. The van der Waals surface area contributed by atoms with E-state index in [0.29, 0.717) is 22.8 Å². The van der Waals surface area contributed by atoms with Crippen molar-refractivity contribution >= 4 is 17.9 Å². The molecule has 0 bridgehead atoms. The maximum absolute atomic E-state index is 10.2. The summed E-state index contributed by atoms with van der Waals surface area (Å²) < 4.78 is 6.75. The van der Waals surface area contributed by atoms with E-state index in [1.807, 2.05) is 0 Å². The van der Waals surface area contributed by atoms with E-state index in [1.165, 1.54) is 6.34 Å². The van der Waals surface area contributed by atoms with Gasteiger partial charge in [-0.05, 0) is 5.57 Å². The van der Waals surface area contributed by atoms with Crippen LogP contribution >= 0.6 is 0 Å². The first kappa shape index (κ1) is 13.0. The maximum Gasteiger partial charge on any atom is 0.164 e. The molecule has 2 heterocycles. The summed E-state index contributed by atoms with van der Waals surface area (Å²) in [6, 6.07) is -0.422. The second-order valence-electron chi connectivity index (χ2n) is 4.81. The number of methoxy groups -OCH3 is 1. The van der Waals surface area contributed by atoms with Crippen LogP contribution in [0.2, 0.25) is 0 Å². The van der Waals surface area contributed by atoms with Gasteiger partial charge in [0.05, 0.1) is 31.0 Å². The van der Waals surface area contributed by atoms with Gasteiger partial charge in [-0.2, -0.15) is 0 Å². The third kappa shape index (κ3) is 1.87. The number of hydrogen-bond donors (Lipinski definition) is 3. The van der Waals surface area contributed by atoms with Crippen molar-refractivity contribution in [3.8, 4) is 0 Å². The summed E-state index contributed by atoms with van der Waals surface area (Å²) in [5.41, 5.74) is 1.95. The first-order valence-electron chi connectivity index (χ1n) is 6.24. The molecular weight excluding hydrogens is 260 g/mol. The Morgan fingerprint density at radius 2 is 2.30 bits per heavy atom. The van der Waals surface area contributed by atoms with Gasteiger partial charge in [0, 0.05) is 7.11 Å². The predicted molar refractivity (Wildman–Crippen MR) is 73.6 cm³/mol. The Morgan fingerprint density at radius 1 is 1.50 bits per heavy atom. The van der Waals surface area contributed by atoms with E-state index >= 15 is 0 Å². The van der Waals surface area contributed by atoms with Crippen molar-refractivity contribution in [3.63, 3.8) is 0 Å². The Balaban J connectivity index is 1.99. The van der Waals surface area contributed by atoms with Crippen molar-refractivity contribution < 1.29 is 14.9 Å². The third-order valence-electron chi connectivity index (χ3n) is 3.55. The van der Waals surface area contributed by atoms with Crippen molar-refractivity contribution in [1.29, 1.82) is 0 Å². The summed E-state index contributed by atoms with van der Waals surface area (Å²) >= 11 is 0. The Bertz CT molecular complexity index is 605. The van der Waals surface area contributed by atoms with Crippen molar-refractivity contribution in [2.75, 3.05) is 13.7 Å². The zero-order valence-electron chi connectivity index (χ0n) is 11.0. The van der Waals surface area contributed by atoms with E-state index in [1.54, 1.807) is 24.1 Å². The van der Waals surface area contributed by atoms with Crippen LogP contribution in [0.25, 0.3) is 5.70 Å². The highest BCUT2D eigenvalue weighted by atomic mass is 16.5. The number of aliphatic hydroxyl groups excluding tert-OH is 2. The molecule has 0 saturated heterocycles. The quantitative estimate of drug-likeness (QED) is 0.674. The molecule has 0 spiro atoms. The molecule has 0 saturated carbocycles. The molecule has 7 heteroatoms. The molecule has 1 aromatic heterocycles. The fourth-order valence-electron chi connectivity index (χ4n) is 2.52. The number of nitrogens with one attached hydrogen (secondary N) is 1. The molecular formula is C13H16N4O3. The molecule has 1 aliphatic carbocycles. The van der Waals surface area contributed by atoms with E-state index in [-0.39, 0.29) is 6.61 Å². The Morgan fingerprint density at radius 3 is 3.05 bits per heavy atom. The topological polar surface area (TPSA) is 91.9 Å². The van der Waals surface area contributed by atoms with Crippen LogP contribution in [0.3, 0.4) is 0 Å². The van der Waals surface area contributed by atoms with Gasteiger partial charge in [0.25, 0.3) is 0 Å². The molecule has 7 nitrogen and oxygen atoms in total. The minimum Gasteiger partial charge on any atom is -0.388 e.